The van der Waals surface area contributed by atoms with Crippen LogP contribution in [0.5, 0.6) is 0 Å². The van der Waals surface area contributed by atoms with Crippen LogP contribution in [0.2, 0.25) is 5.02 Å². The molecule has 0 aliphatic carbocycles. The van der Waals surface area contributed by atoms with Gasteiger partial charge in [0.25, 0.3) is 0 Å². The van der Waals surface area contributed by atoms with Gasteiger partial charge in [0.15, 0.2) is 0 Å². The first-order chi connectivity index (χ1) is 8.11. The lowest BCUT2D eigenvalue weighted by atomic mass is 10.2. The van der Waals surface area contributed by atoms with Gasteiger partial charge < -0.3 is 5.32 Å². The Bertz CT molecular complexity index is 376. The second kappa shape index (κ2) is 7.09. The second-order valence-electron chi connectivity index (χ2n) is 3.89. The van der Waals surface area contributed by atoms with Gasteiger partial charge in [-0.1, -0.05) is 29.8 Å². The molecule has 0 saturated carbocycles. The Balaban J connectivity index is 2.38. The molecule has 0 radical (unpaired) electrons. The lowest BCUT2D eigenvalue weighted by Gasteiger charge is -2.16. The predicted octanol–water partition coefficient (Wildman–Crippen LogP) is 2.07. The van der Waals surface area contributed by atoms with Crippen molar-refractivity contribution in [3.8, 4) is 0 Å². The van der Waals surface area contributed by atoms with E-state index in [9.17, 15) is 4.79 Å². The summed E-state index contributed by atoms with van der Waals surface area (Å²) in [6, 6.07) is 7.62. The van der Waals surface area contributed by atoms with Gasteiger partial charge in [0.2, 0.25) is 5.91 Å². The van der Waals surface area contributed by atoms with E-state index in [0.29, 0.717) is 13.1 Å². The quantitative estimate of drug-likeness (QED) is 0.787. The number of benzene rings is 1. The van der Waals surface area contributed by atoms with Crippen molar-refractivity contribution in [3.05, 3.63) is 47.5 Å². The number of hydrogen-bond donors (Lipinski definition) is 1. The molecule has 1 N–H and O–H groups in total. The Morgan fingerprint density at radius 3 is 2.71 bits per heavy atom. The monoisotopic (exact) mass is 252 g/mol. The smallest absolute Gasteiger partial charge is 0.234 e. The van der Waals surface area contributed by atoms with Gasteiger partial charge in [-0.2, -0.15) is 0 Å². The number of carbonyl (C=O) groups is 1. The SMILES string of the molecule is C=CCNC(=O)CN(C)Cc1ccc(Cl)cc1. The molecule has 0 atom stereocenters. The summed E-state index contributed by atoms with van der Waals surface area (Å²) in [7, 11) is 1.90. The van der Waals surface area contributed by atoms with Gasteiger partial charge in [0.05, 0.1) is 6.54 Å². The molecule has 0 unspecified atom stereocenters. The van der Waals surface area contributed by atoms with Gasteiger partial charge >= 0.3 is 0 Å². The standard InChI is InChI=1S/C13H17ClN2O/c1-3-8-15-13(17)10-16(2)9-11-4-6-12(14)7-5-11/h3-7H,1,8-10H2,2H3,(H,15,17). The highest BCUT2D eigenvalue weighted by atomic mass is 35.5. The van der Waals surface area contributed by atoms with Crippen LogP contribution in [0.1, 0.15) is 5.56 Å². The first-order valence-electron chi connectivity index (χ1n) is 5.42. The zero-order valence-corrected chi connectivity index (χ0v) is 10.7. The summed E-state index contributed by atoms with van der Waals surface area (Å²) in [6.07, 6.45) is 1.66. The number of likely N-dealkylation sites (N-methyl/N-ethyl adjacent to an activating group) is 1. The molecule has 0 aliphatic rings. The van der Waals surface area contributed by atoms with E-state index in [1.54, 1.807) is 6.08 Å². The van der Waals surface area contributed by atoms with Gasteiger partial charge in [0, 0.05) is 18.1 Å². The zero-order chi connectivity index (χ0) is 12.7. The molecule has 4 heteroatoms. The number of amides is 1. The zero-order valence-electron chi connectivity index (χ0n) is 9.95. The van der Waals surface area contributed by atoms with Crippen molar-refractivity contribution in [2.24, 2.45) is 0 Å². The van der Waals surface area contributed by atoms with Crippen LogP contribution in [0.25, 0.3) is 0 Å². The average Bonchev–Trinajstić information content (AvgIpc) is 2.29. The summed E-state index contributed by atoms with van der Waals surface area (Å²) >= 11 is 5.80. The molecule has 1 amide bonds. The van der Waals surface area contributed by atoms with Crippen LogP contribution in [0.3, 0.4) is 0 Å². The predicted molar refractivity (Wildman–Crippen MR) is 71.0 cm³/mol. The van der Waals surface area contributed by atoms with E-state index < -0.39 is 0 Å². The molecule has 1 aromatic carbocycles. The molecule has 1 aromatic rings. The van der Waals surface area contributed by atoms with Crippen LogP contribution in [0, 0.1) is 0 Å². The molecule has 0 spiro atoms. The number of hydrogen-bond acceptors (Lipinski definition) is 2. The second-order valence-corrected chi connectivity index (χ2v) is 4.33. The van der Waals surface area contributed by atoms with Crippen LogP contribution in [0.4, 0.5) is 0 Å². The van der Waals surface area contributed by atoms with E-state index in [1.165, 1.54) is 0 Å². The maximum absolute atomic E-state index is 11.4. The van der Waals surface area contributed by atoms with E-state index in [4.69, 9.17) is 11.6 Å². The van der Waals surface area contributed by atoms with Crippen molar-refractivity contribution in [2.45, 2.75) is 6.54 Å². The molecular formula is C13H17ClN2O. The Morgan fingerprint density at radius 2 is 2.12 bits per heavy atom. The maximum atomic E-state index is 11.4. The fraction of sp³-hybridized carbons (Fsp3) is 0.308. The number of halogens is 1. The molecule has 17 heavy (non-hydrogen) atoms. The van der Waals surface area contributed by atoms with Crippen molar-refractivity contribution in [3.63, 3.8) is 0 Å². The molecule has 1 rings (SSSR count). The van der Waals surface area contributed by atoms with E-state index in [0.717, 1.165) is 17.1 Å². The van der Waals surface area contributed by atoms with Crippen molar-refractivity contribution < 1.29 is 4.79 Å². The first-order valence-corrected chi connectivity index (χ1v) is 5.80. The lowest BCUT2D eigenvalue weighted by molar-refractivity contribution is -0.121. The highest BCUT2D eigenvalue weighted by Gasteiger charge is 2.05. The summed E-state index contributed by atoms with van der Waals surface area (Å²) < 4.78 is 0. The van der Waals surface area contributed by atoms with Gasteiger partial charge in [-0.3, -0.25) is 9.69 Å². The molecule has 3 nitrogen and oxygen atoms in total. The largest absolute Gasteiger partial charge is 0.352 e. The molecule has 0 heterocycles. The van der Waals surface area contributed by atoms with Crippen LogP contribution in [-0.4, -0.2) is 30.9 Å². The molecule has 0 fully saturated rings. The Kier molecular flexibility index (Phi) is 5.73. The molecule has 0 aromatic heterocycles. The van der Waals surface area contributed by atoms with E-state index >= 15 is 0 Å². The van der Waals surface area contributed by atoms with E-state index in [2.05, 4.69) is 11.9 Å². The Hall–Kier alpha value is -1.32. The fourth-order valence-electron chi connectivity index (χ4n) is 1.44. The third kappa shape index (κ3) is 5.52. The lowest BCUT2D eigenvalue weighted by Crippen LogP contribution is -2.34. The first kappa shape index (κ1) is 13.7. The van der Waals surface area contributed by atoms with Crippen LogP contribution < -0.4 is 5.32 Å². The molecule has 0 bridgehead atoms. The van der Waals surface area contributed by atoms with E-state index in [1.807, 2.05) is 36.2 Å². The third-order valence-electron chi connectivity index (χ3n) is 2.22. The molecular weight excluding hydrogens is 236 g/mol. The van der Waals surface area contributed by atoms with Gasteiger partial charge in [-0.15, -0.1) is 6.58 Å². The van der Waals surface area contributed by atoms with Crippen molar-refractivity contribution in [2.75, 3.05) is 20.1 Å². The normalized spacial score (nSPS) is 10.3. The Labute approximate surface area is 107 Å². The number of nitrogens with zero attached hydrogens (tertiary/aromatic N) is 1. The summed E-state index contributed by atoms with van der Waals surface area (Å²) in [4.78, 5) is 13.4. The highest BCUT2D eigenvalue weighted by Crippen LogP contribution is 2.10. The van der Waals surface area contributed by atoms with E-state index in [-0.39, 0.29) is 5.91 Å². The van der Waals surface area contributed by atoms with Gasteiger partial charge in [-0.25, -0.2) is 0 Å². The van der Waals surface area contributed by atoms with Crippen LogP contribution in [0.15, 0.2) is 36.9 Å². The van der Waals surface area contributed by atoms with Crippen LogP contribution >= 0.6 is 11.6 Å². The highest BCUT2D eigenvalue weighted by molar-refractivity contribution is 6.30. The number of nitrogens with one attached hydrogen (secondary N) is 1. The fourth-order valence-corrected chi connectivity index (χ4v) is 1.57. The minimum Gasteiger partial charge on any atom is -0.352 e. The van der Waals surface area contributed by atoms with Crippen molar-refractivity contribution in [1.29, 1.82) is 0 Å². The summed E-state index contributed by atoms with van der Waals surface area (Å²) in [5, 5.41) is 3.46. The minimum absolute atomic E-state index is 0.00126. The van der Waals surface area contributed by atoms with Crippen LogP contribution in [-0.2, 0) is 11.3 Å². The molecule has 92 valence electrons. The van der Waals surface area contributed by atoms with Crippen molar-refractivity contribution >= 4 is 17.5 Å². The van der Waals surface area contributed by atoms with Crippen molar-refractivity contribution in [1.82, 2.24) is 10.2 Å². The summed E-state index contributed by atoms with van der Waals surface area (Å²) in [5.41, 5.74) is 1.13. The van der Waals surface area contributed by atoms with Gasteiger partial charge in [-0.05, 0) is 24.7 Å². The Morgan fingerprint density at radius 1 is 1.47 bits per heavy atom. The third-order valence-corrected chi connectivity index (χ3v) is 2.47. The number of rotatable bonds is 6. The maximum Gasteiger partial charge on any atom is 0.234 e. The minimum atomic E-state index is 0.00126. The topological polar surface area (TPSA) is 32.3 Å². The number of carbonyl (C=O) groups excluding carboxylic acids is 1. The summed E-state index contributed by atoms with van der Waals surface area (Å²) in [6.45, 7) is 5.15. The molecule has 0 saturated heterocycles. The van der Waals surface area contributed by atoms with Gasteiger partial charge in [0.1, 0.15) is 0 Å². The average molecular weight is 253 g/mol. The summed E-state index contributed by atoms with van der Waals surface area (Å²) in [5.74, 6) is 0.00126. The molecule has 0 aliphatic heterocycles.